The number of carbonyl (C=O) groups excluding carboxylic acids is 1. The molecule has 3 aliphatic rings. The summed E-state index contributed by atoms with van der Waals surface area (Å²) in [6.07, 6.45) is 4.26. The summed E-state index contributed by atoms with van der Waals surface area (Å²) in [6, 6.07) is 4.68. The van der Waals surface area contributed by atoms with E-state index < -0.39 is 5.54 Å². The number of carbonyl (C=O) groups is 1. The van der Waals surface area contributed by atoms with Crippen LogP contribution >= 0.6 is 0 Å². The van der Waals surface area contributed by atoms with Gasteiger partial charge in [0, 0.05) is 19.6 Å². The molecular formula is C18H22FN3O2. The molecule has 1 aromatic rings. The van der Waals surface area contributed by atoms with E-state index in [2.05, 4.69) is 4.99 Å². The molecular weight excluding hydrogens is 309 g/mol. The Hall–Kier alpha value is -1.95. The number of amides is 1. The van der Waals surface area contributed by atoms with Gasteiger partial charge in [-0.3, -0.25) is 9.69 Å². The Morgan fingerprint density at radius 2 is 2.08 bits per heavy atom. The van der Waals surface area contributed by atoms with Crippen molar-refractivity contribution < 1.29 is 13.9 Å². The predicted molar refractivity (Wildman–Crippen MR) is 87.9 cm³/mol. The maximum absolute atomic E-state index is 13.8. The lowest BCUT2D eigenvalue weighted by Gasteiger charge is -2.45. The van der Waals surface area contributed by atoms with Crippen LogP contribution in [0.3, 0.4) is 0 Å². The van der Waals surface area contributed by atoms with Crippen LogP contribution in [-0.4, -0.2) is 37.0 Å². The highest BCUT2D eigenvalue weighted by molar-refractivity contribution is 6.08. The second kappa shape index (κ2) is 5.02. The van der Waals surface area contributed by atoms with E-state index in [4.69, 9.17) is 10.5 Å². The predicted octanol–water partition coefficient (Wildman–Crippen LogP) is 1.94. The van der Waals surface area contributed by atoms with E-state index in [-0.39, 0.29) is 29.2 Å². The highest BCUT2D eigenvalue weighted by Crippen LogP contribution is 2.61. The second-order valence-electron chi connectivity index (χ2n) is 7.24. The number of fused-ring (bicyclic) bond motifs is 3. The van der Waals surface area contributed by atoms with Crippen molar-refractivity contribution >= 4 is 11.9 Å². The fourth-order valence-corrected chi connectivity index (χ4v) is 4.92. The average Bonchev–Trinajstić information content (AvgIpc) is 2.96. The highest BCUT2D eigenvalue weighted by Gasteiger charge is 2.66. The van der Waals surface area contributed by atoms with Crippen LogP contribution in [0.5, 0.6) is 0 Å². The number of halogens is 1. The van der Waals surface area contributed by atoms with E-state index in [1.807, 2.05) is 0 Å². The molecule has 6 heteroatoms. The van der Waals surface area contributed by atoms with E-state index in [0.717, 1.165) is 36.8 Å². The van der Waals surface area contributed by atoms with Gasteiger partial charge >= 0.3 is 0 Å². The molecule has 0 bridgehead atoms. The molecule has 2 aliphatic carbocycles. The molecule has 1 atom stereocenters. The summed E-state index contributed by atoms with van der Waals surface area (Å²) >= 11 is 0. The number of aliphatic imine (C=N–C) groups is 1. The summed E-state index contributed by atoms with van der Waals surface area (Å²) in [4.78, 5) is 19.3. The van der Waals surface area contributed by atoms with Gasteiger partial charge in [0.15, 0.2) is 11.5 Å². The molecule has 0 aromatic heterocycles. The monoisotopic (exact) mass is 331 g/mol. The van der Waals surface area contributed by atoms with Crippen molar-refractivity contribution in [1.29, 1.82) is 0 Å². The molecule has 1 saturated carbocycles. The van der Waals surface area contributed by atoms with Crippen molar-refractivity contribution in [2.24, 2.45) is 16.1 Å². The zero-order chi connectivity index (χ0) is 17.1. The lowest BCUT2D eigenvalue weighted by Crippen LogP contribution is -2.51. The Morgan fingerprint density at radius 3 is 2.67 bits per heavy atom. The largest absolute Gasteiger partial charge is 0.381 e. The Balaban J connectivity index is 1.88. The van der Waals surface area contributed by atoms with Gasteiger partial charge in [0.05, 0.1) is 6.10 Å². The topological polar surface area (TPSA) is 67.9 Å². The van der Waals surface area contributed by atoms with Crippen LogP contribution in [0.1, 0.15) is 36.8 Å². The number of likely N-dealkylation sites (N-methyl/N-ethyl adjacent to an activating group) is 1. The molecule has 24 heavy (non-hydrogen) atoms. The summed E-state index contributed by atoms with van der Waals surface area (Å²) in [6.45, 7) is 0. The van der Waals surface area contributed by atoms with Crippen LogP contribution in [0.4, 0.5) is 4.39 Å². The maximum Gasteiger partial charge on any atom is 0.262 e. The Labute approximate surface area is 140 Å². The van der Waals surface area contributed by atoms with Crippen LogP contribution < -0.4 is 5.73 Å². The number of hydrogen-bond donors (Lipinski definition) is 1. The summed E-state index contributed by atoms with van der Waals surface area (Å²) < 4.78 is 19.3. The first-order valence-corrected chi connectivity index (χ1v) is 8.39. The third-order valence-corrected chi connectivity index (χ3v) is 6.22. The van der Waals surface area contributed by atoms with Gasteiger partial charge in [-0.05, 0) is 55.4 Å². The van der Waals surface area contributed by atoms with Crippen LogP contribution in [0.2, 0.25) is 0 Å². The number of guanidine groups is 1. The first-order valence-electron chi connectivity index (χ1n) is 8.39. The van der Waals surface area contributed by atoms with Gasteiger partial charge in [-0.25, -0.2) is 9.38 Å². The zero-order valence-electron chi connectivity index (χ0n) is 14.0. The Bertz CT molecular complexity index is 740. The van der Waals surface area contributed by atoms with Gasteiger partial charge in [0.2, 0.25) is 0 Å². The van der Waals surface area contributed by atoms with Crippen molar-refractivity contribution in [3.05, 3.63) is 35.1 Å². The minimum atomic E-state index is -1.01. The smallest absolute Gasteiger partial charge is 0.262 e. The third-order valence-electron chi connectivity index (χ3n) is 6.22. The standard InChI is InChI=1S/C18H22FN3O2/c1-22-15(23)18(21-16(22)20)14-4-3-12(19)9-11(14)10-17(18)7-5-13(24-2)6-8-17/h3-4,9,13H,5-8,10H2,1-2H3,(H2,20,21). The molecule has 2 N–H and O–H groups in total. The minimum absolute atomic E-state index is 0.0961. The number of nitrogens with two attached hydrogens (primary N) is 1. The van der Waals surface area contributed by atoms with Gasteiger partial charge in [-0.2, -0.15) is 0 Å². The Morgan fingerprint density at radius 1 is 1.38 bits per heavy atom. The second-order valence-corrected chi connectivity index (χ2v) is 7.24. The number of hydrogen-bond acceptors (Lipinski definition) is 4. The van der Waals surface area contributed by atoms with E-state index in [1.54, 1.807) is 26.3 Å². The van der Waals surface area contributed by atoms with E-state index in [9.17, 15) is 9.18 Å². The molecule has 1 aliphatic heterocycles. The SMILES string of the molecule is COC1CCC2(CC1)Cc1cc(F)ccc1C21N=C(N)N(C)C1=O. The van der Waals surface area contributed by atoms with Crippen molar-refractivity contribution in [1.82, 2.24) is 4.90 Å². The first-order chi connectivity index (χ1) is 11.4. The van der Waals surface area contributed by atoms with Gasteiger partial charge in [0.1, 0.15) is 5.82 Å². The number of rotatable bonds is 1. The minimum Gasteiger partial charge on any atom is -0.381 e. The molecule has 1 heterocycles. The molecule has 1 amide bonds. The average molecular weight is 331 g/mol. The quantitative estimate of drug-likeness (QED) is 0.855. The lowest BCUT2D eigenvalue weighted by atomic mass is 9.61. The third kappa shape index (κ3) is 1.77. The number of ether oxygens (including phenoxy) is 1. The number of methoxy groups -OCH3 is 1. The molecule has 1 aromatic carbocycles. The first kappa shape index (κ1) is 15.6. The van der Waals surface area contributed by atoms with Crippen molar-refractivity contribution in [3.63, 3.8) is 0 Å². The highest BCUT2D eigenvalue weighted by atomic mass is 19.1. The van der Waals surface area contributed by atoms with Crippen molar-refractivity contribution in [2.45, 2.75) is 43.7 Å². The zero-order valence-corrected chi connectivity index (χ0v) is 14.0. The van der Waals surface area contributed by atoms with Crippen LogP contribution in [0, 0.1) is 11.2 Å². The molecule has 0 saturated heterocycles. The van der Waals surface area contributed by atoms with Gasteiger partial charge < -0.3 is 10.5 Å². The normalized spacial score (nSPS) is 35.0. The molecule has 4 rings (SSSR count). The van der Waals surface area contributed by atoms with Crippen molar-refractivity contribution in [3.8, 4) is 0 Å². The molecule has 1 fully saturated rings. The fraction of sp³-hybridized carbons (Fsp3) is 0.556. The number of nitrogens with zero attached hydrogens (tertiary/aromatic N) is 2. The van der Waals surface area contributed by atoms with E-state index in [1.165, 1.54) is 11.0 Å². The van der Waals surface area contributed by atoms with Crippen LogP contribution in [0.25, 0.3) is 0 Å². The van der Waals surface area contributed by atoms with Gasteiger partial charge in [0.25, 0.3) is 5.91 Å². The molecule has 5 nitrogen and oxygen atoms in total. The maximum atomic E-state index is 13.8. The molecule has 0 radical (unpaired) electrons. The summed E-state index contributed by atoms with van der Waals surface area (Å²) in [7, 11) is 3.38. The number of benzene rings is 1. The lowest BCUT2D eigenvalue weighted by molar-refractivity contribution is -0.137. The van der Waals surface area contributed by atoms with Crippen molar-refractivity contribution in [2.75, 3.05) is 14.2 Å². The van der Waals surface area contributed by atoms with E-state index >= 15 is 0 Å². The van der Waals surface area contributed by atoms with Gasteiger partial charge in [-0.1, -0.05) is 6.07 Å². The van der Waals surface area contributed by atoms with E-state index in [0.29, 0.717) is 6.42 Å². The fourth-order valence-electron chi connectivity index (χ4n) is 4.92. The molecule has 2 spiro atoms. The summed E-state index contributed by atoms with van der Waals surface area (Å²) in [5.41, 5.74) is 6.36. The van der Waals surface area contributed by atoms with Crippen LogP contribution in [-0.2, 0) is 21.5 Å². The molecule has 1 unspecified atom stereocenters. The van der Waals surface area contributed by atoms with Crippen LogP contribution in [0.15, 0.2) is 23.2 Å². The van der Waals surface area contributed by atoms with Gasteiger partial charge in [-0.15, -0.1) is 0 Å². The summed E-state index contributed by atoms with van der Waals surface area (Å²) in [5, 5.41) is 0. The summed E-state index contributed by atoms with van der Waals surface area (Å²) in [5.74, 6) is -0.131. The molecule has 128 valence electrons. The Kier molecular flexibility index (Phi) is 3.26.